The van der Waals surface area contributed by atoms with E-state index < -0.39 is 0 Å². The molecule has 0 aliphatic heterocycles. The number of rotatable bonds is 10. The molecule has 2 heterocycles. The Kier molecular flexibility index (Phi) is 12.3. The maximum atomic E-state index is 11.9. The number of aromatic hydroxyl groups is 1. The van der Waals surface area contributed by atoms with Crippen LogP contribution in [0.15, 0.2) is 194 Å². The molecule has 326 valence electrons. The maximum Gasteiger partial charge on any atom is 0.148 e. The van der Waals surface area contributed by atoms with Gasteiger partial charge in [-0.3, -0.25) is 9.55 Å². The zero-order chi connectivity index (χ0) is 44.7. The molecule has 0 saturated heterocycles. The molecule has 0 bridgehead atoms. The molecule has 0 radical (unpaired) electrons. The van der Waals surface area contributed by atoms with Gasteiger partial charge >= 0.3 is 0 Å². The van der Waals surface area contributed by atoms with Crippen molar-refractivity contribution < 1.29 is 26.2 Å². The van der Waals surface area contributed by atoms with Crippen LogP contribution in [0.5, 0.6) is 5.75 Å². The van der Waals surface area contributed by atoms with Gasteiger partial charge in [-0.25, -0.2) is 4.98 Å². The molecule has 66 heavy (non-hydrogen) atoms. The number of aromatic nitrogens is 3. The average Bonchev–Trinajstić information content (AvgIpc) is 3.75. The van der Waals surface area contributed by atoms with Gasteiger partial charge in [0.1, 0.15) is 11.6 Å². The summed E-state index contributed by atoms with van der Waals surface area (Å²) in [5.41, 5.74) is 19.0. The van der Waals surface area contributed by atoms with Gasteiger partial charge in [-0.05, 0) is 106 Å². The quantitative estimate of drug-likeness (QED) is 0.139. The van der Waals surface area contributed by atoms with Gasteiger partial charge in [-0.2, -0.15) is 0 Å². The fraction of sp³-hybridized carbons (Fsp3) is 0.115. The van der Waals surface area contributed by atoms with Crippen molar-refractivity contribution in [2.24, 2.45) is 0 Å². The van der Waals surface area contributed by atoms with Crippen molar-refractivity contribution in [2.75, 3.05) is 0 Å². The third kappa shape index (κ3) is 8.46. The van der Waals surface area contributed by atoms with Crippen molar-refractivity contribution in [1.29, 1.82) is 0 Å². The van der Waals surface area contributed by atoms with Crippen molar-refractivity contribution in [1.82, 2.24) is 14.5 Å². The molecule has 0 unspecified atom stereocenters. The Hall–Kier alpha value is -7.13. The van der Waals surface area contributed by atoms with E-state index in [4.69, 9.17) is 9.97 Å². The van der Waals surface area contributed by atoms with Crippen LogP contribution in [-0.2, 0) is 26.5 Å². The number of hydrogen-bond donors (Lipinski definition) is 1. The smallest absolute Gasteiger partial charge is 0.148 e. The molecule has 0 saturated carbocycles. The number of pyridine rings is 1. The number of benzene rings is 8. The SMILES string of the molecule is CCC(C)(C)c1ccc(-n2c(-c3cc(C)cc(C)c3O)nc3c(-c4[c-]c(-c5cc(-c6ccc(-c7ccccc7)cc6)ccn5)cc(-c5ccccc5)c4)cccc32)c(-c2ccccc2)c1.[Pt]. The zero-order valence-corrected chi connectivity index (χ0v) is 40.1. The molecule has 10 aromatic rings. The van der Waals surface area contributed by atoms with E-state index in [-0.39, 0.29) is 32.2 Å². The molecule has 8 aromatic carbocycles. The maximum absolute atomic E-state index is 11.9. The largest absolute Gasteiger partial charge is 0.507 e. The van der Waals surface area contributed by atoms with Gasteiger partial charge in [0, 0.05) is 38.5 Å². The van der Waals surface area contributed by atoms with E-state index in [9.17, 15) is 5.11 Å². The van der Waals surface area contributed by atoms with Crippen LogP contribution in [0.3, 0.4) is 0 Å². The molecule has 0 amide bonds. The molecule has 0 aliphatic carbocycles. The second-order valence-corrected chi connectivity index (χ2v) is 17.7. The molecule has 1 N–H and O–H groups in total. The molecule has 0 aliphatic rings. The van der Waals surface area contributed by atoms with Gasteiger partial charge in [0.25, 0.3) is 0 Å². The third-order valence-electron chi connectivity index (χ3n) is 13.0. The van der Waals surface area contributed by atoms with Gasteiger partial charge in [0.05, 0.1) is 22.3 Å². The molecular weight excluding hydrogens is 986 g/mol. The van der Waals surface area contributed by atoms with Crippen molar-refractivity contribution >= 4 is 11.0 Å². The number of imidazole rings is 1. The van der Waals surface area contributed by atoms with Gasteiger partial charge in [-0.1, -0.05) is 183 Å². The first-order chi connectivity index (χ1) is 31.6. The number of phenols is 1. The standard InChI is InChI=1S/C61H50N3O.Pt/c1-6-61(4,5)51-29-30-56(53(39-51)46-21-14-9-15-22-46)64-57-24-16-23-52(58(57)63-60(64)54-34-40(2)33-41(3)59(54)65)49-35-48(43-19-12-8-13-20-43)36-50(37-49)55-38-47(31-32-62-55)45-27-25-44(26-28-45)42-17-10-7-11-18-42;/h7-36,38-39,65H,6H2,1-5H3;/q-1;. The number of phenolic OH excluding ortho intramolecular Hbond substituents is 1. The van der Waals surface area contributed by atoms with Crippen LogP contribution in [0.2, 0.25) is 0 Å². The van der Waals surface area contributed by atoms with Crippen molar-refractivity contribution in [3.8, 4) is 89.7 Å². The Morgan fingerprint density at radius 2 is 1.15 bits per heavy atom. The summed E-state index contributed by atoms with van der Waals surface area (Å²) in [6.45, 7) is 10.9. The number of hydrogen-bond acceptors (Lipinski definition) is 3. The Balaban J connectivity index is 0.00000548. The molecule has 10 rings (SSSR count). The Morgan fingerprint density at radius 1 is 0.545 bits per heavy atom. The van der Waals surface area contributed by atoms with Crippen molar-refractivity contribution in [2.45, 2.75) is 46.5 Å². The molecule has 0 atom stereocenters. The van der Waals surface area contributed by atoms with Crippen molar-refractivity contribution in [3.63, 3.8) is 0 Å². The Morgan fingerprint density at radius 3 is 1.82 bits per heavy atom. The molecule has 0 spiro atoms. The monoisotopic (exact) mass is 1040 g/mol. The first kappa shape index (κ1) is 44.1. The molecular formula is C61H50N3OPt-. The predicted octanol–water partition coefficient (Wildman–Crippen LogP) is 15.9. The Bertz CT molecular complexity index is 3340. The van der Waals surface area contributed by atoms with Gasteiger partial charge in [-0.15, -0.1) is 23.8 Å². The zero-order valence-electron chi connectivity index (χ0n) is 37.8. The van der Waals surface area contributed by atoms with Gasteiger partial charge < -0.3 is 5.11 Å². The van der Waals surface area contributed by atoms with Crippen LogP contribution < -0.4 is 0 Å². The molecule has 4 nitrogen and oxygen atoms in total. The molecule has 0 fully saturated rings. The topological polar surface area (TPSA) is 50.9 Å². The summed E-state index contributed by atoms with van der Waals surface area (Å²) in [5.74, 6) is 0.891. The normalized spacial score (nSPS) is 11.4. The molecule has 2 aromatic heterocycles. The van der Waals surface area contributed by atoms with E-state index in [0.29, 0.717) is 11.4 Å². The first-order valence-corrected chi connectivity index (χ1v) is 22.4. The number of aryl methyl sites for hydroxylation is 2. The van der Waals surface area contributed by atoms with E-state index in [0.717, 1.165) is 90.0 Å². The fourth-order valence-corrected chi connectivity index (χ4v) is 8.97. The van der Waals surface area contributed by atoms with E-state index in [2.05, 4.69) is 202 Å². The van der Waals surface area contributed by atoms with Gasteiger partial charge in [0.2, 0.25) is 0 Å². The fourth-order valence-electron chi connectivity index (χ4n) is 8.97. The van der Waals surface area contributed by atoms with Crippen molar-refractivity contribution in [3.05, 3.63) is 217 Å². The number of nitrogens with zero attached hydrogens (tertiary/aromatic N) is 3. The Labute approximate surface area is 402 Å². The second kappa shape index (κ2) is 18.4. The minimum atomic E-state index is -0.0281. The summed E-state index contributed by atoms with van der Waals surface area (Å²) >= 11 is 0. The first-order valence-electron chi connectivity index (χ1n) is 22.4. The minimum absolute atomic E-state index is 0. The van der Waals surface area contributed by atoms with E-state index in [1.807, 2.05) is 37.4 Å². The summed E-state index contributed by atoms with van der Waals surface area (Å²) in [6.07, 6.45) is 2.89. The van der Waals surface area contributed by atoms with Crippen LogP contribution in [0.25, 0.3) is 95.0 Å². The average molecular weight is 1040 g/mol. The predicted molar refractivity (Wildman–Crippen MR) is 270 cm³/mol. The number of para-hydroxylation sites is 1. The summed E-state index contributed by atoms with van der Waals surface area (Å²) in [6, 6.07) is 70.0. The van der Waals surface area contributed by atoms with Crippen LogP contribution in [0, 0.1) is 19.9 Å². The van der Waals surface area contributed by atoms with E-state index >= 15 is 0 Å². The van der Waals surface area contributed by atoms with Crippen LogP contribution >= 0.6 is 0 Å². The third-order valence-corrected chi connectivity index (χ3v) is 13.0. The molecule has 5 heteroatoms. The second-order valence-electron chi connectivity index (χ2n) is 17.7. The van der Waals surface area contributed by atoms with E-state index in [1.165, 1.54) is 16.7 Å². The van der Waals surface area contributed by atoms with E-state index in [1.54, 1.807) is 0 Å². The van der Waals surface area contributed by atoms with Gasteiger partial charge in [0.15, 0.2) is 0 Å². The summed E-state index contributed by atoms with van der Waals surface area (Å²) in [7, 11) is 0. The summed E-state index contributed by atoms with van der Waals surface area (Å²) < 4.78 is 2.24. The van der Waals surface area contributed by atoms with Crippen LogP contribution in [0.1, 0.15) is 43.9 Å². The number of fused-ring (bicyclic) bond motifs is 1. The minimum Gasteiger partial charge on any atom is -0.507 e. The summed E-state index contributed by atoms with van der Waals surface area (Å²) in [5, 5.41) is 11.9. The van der Waals surface area contributed by atoms with Crippen LogP contribution in [0.4, 0.5) is 0 Å². The summed E-state index contributed by atoms with van der Waals surface area (Å²) in [4.78, 5) is 10.5. The van der Waals surface area contributed by atoms with Crippen LogP contribution in [-0.4, -0.2) is 19.6 Å².